The van der Waals surface area contributed by atoms with Gasteiger partial charge in [-0.2, -0.15) is 4.31 Å². The third-order valence-electron chi connectivity index (χ3n) is 5.45. The molecule has 0 amide bonds. The number of halogens is 1. The fraction of sp³-hybridized carbons (Fsp3) is 0.450. The molecular weight excluding hydrogens is 395 g/mol. The predicted molar refractivity (Wildman–Crippen MR) is 108 cm³/mol. The van der Waals surface area contributed by atoms with E-state index < -0.39 is 10.0 Å². The number of nitrogens with zero attached hydrogens (tertiary/aromatic N) is 4. The molecule has 1 atom stereocenters. The van der Waals surface area contributed by atoms with Gasteiger partial charge in [0.1, 0.15) is 22.6 Å². The van der Waals surface area contributed by atoms with E-state index in [9.17, 15) is 12.8 Å². The second kappa shape index (κ2) is 8.35. The Morgan fingerprint density at radius 3 is 2.41 bits per heavy atom. The topological polar surface area (TPSA) is 66.0 Å². The van der Waals surface area contributed by atoms with Gasteiger partial charge in [0.15, 0.2) is 0 Å². The molecule has 156 valence electrons. The van der Waals surface area contributed by atoms with E-state index in [-0.39, 0.29) is 16.8 Å². The number of hydrogen-bond donors (Lipinski definition) is 0. The first-order valence-corrected chi connectivity index (χ1v) is 11.1. The molecule has 0 radical (unpaired) electrons. The zero-order chi connectivity index (χ0) is 20.4. The van der Waals surface area contributed by atoms with Crippen molar-refractivity contribution in [3.8, 4) is 0 Å². The van der Waals surface area contributed by atoms with Crippen molar-refractivity contribution in [2.24, 2.45) is 0 Å². The minimum Gasteiger partial charge on any atom is -0.370 e. The van der Waals surface area contributed by atoms with E-state index in [1.54, 1.807) is 24.3 Å². The van der Waals surface area contributed by atoms with Crippen molar-refractivity contribution in [1.29, 1.82) is 0 Å². The average Bonchev–Trinajstić information content (AvgIpc) is 2.75. The van der Waals surface area contributed by atoms with Crippen molar-refractivity contribution in [2.75, 3.05) is 57.8 Å². The van der Waals surface area contributed by atoms with Crippen LogP contribution in [0.1, 0.15) is 11.7 Å². The quantitative estimate of drug-likeness (QED) is 0.751. The van der Waals surface area contributed by atoms with Gasteiger partial charge >= 0.3 is 0 Å². The first-order chi connectivity index (χ1) is 13.9. The lowest BCUT2D eigenvalue weighted by molar-refractivity contribution is 0.0395. The van der Waals surface area contributed by atoms with Gasteiger partial charge < -0.3 is 14.5 Å². The molecule has 2 aliphatic heterocycles. The maximum atomic E-state index is 13.2. The standard InChI is InChI=1S/C20H25FN4O3S/c1-23-8-10-25(11-9-23)29(26,27)18-6-7-20(22-14-18)24-12-13-28-19(15-24)16-2-4-17(21)5-3-16/h2-7,14,19H,8-13,15H2,1H3. The minimum atomic E-state index is -3.53. The number of piperazine rings is 1. The number of benzene rings is 1. The van der Waals surface area contributed by atoms with Crippen LogP contribution in [0.3, 0.4) is 0 Å². The fourth-order valence-electron chi connectivity index (χ4n) is 3.63. The Kier molecular flexibility index (Phi) is 5.82. The molecule has 9 heteroatoms. The molecule has 0 saturated carbocycles. The molecule has 1 unspecified atom stereocenters. The summed E-state index contributed by atoms with van der Waals surface area (Å²) in [5, 5.41) is 0. The molecule has 7 nitrogen and oxygen atoms in total. The molecule has 29 heavy (non-hydrogen) atoms. The maximum absolute atomic E-state index is 13.2. The van der Waals surface area contributed by atoms with Gasteiger partial charge in [-0.25, -0.2) is 17.8 Å². The Balaban J connectivity index is 1.46. The molecule has 0 spiro atoms. The molecule has 2 saturated heterocycles. The number of hydrogen-bond acceptors (Lipinski definition) is 6. The zero-order valence-electron chi connectivity index (χ0n) is 16.4. The number of rotatable bonds is 4. The van der Waals surface area contributed by atoms with Crippen LogP contribution in [0.25, 0.3) is 0 Å². The molecule has 2 fully saturated rings. The van der Waals surface area contributed by atoms with E-state index >= 15 is 0 Å². The highest BCUT2D eigenvalue weighted by Crippen LogP contribution is 2.26. The summed E-state index contributed by atoms with van der Waals surface area (Å²) in [6.07, 6.45) is 1.26. The van der Waals surface area contributed by atoms with Gasteiger partial charge in [0, 0.05) is 45.5 Å². The van der Waals surface area contributed by atoms with Crippen molar-refractivity contribution in [3.63, 3.8) is 0 Å². The average molecular weight is 421 g/mol. The molecule has 1 aromatic heterocycles. The maximum Gasteiger partial charge on any atom is 0.244 e. The monoisotopic (exact) mass is 420 g/mol. The van der Waals surface area contributed by atoms with Crippen LogP contribution in [-0.4, -0.2) is 75.5 Å². The summed E-state index contributed by atoms with van der Waals surface area (Å²) in [5.74, 6) is 0.429. The first kappa shape index (κ1) is 20.2. The van der Waals surface area contributed by atoms with Crippen molar-refractivity contribution in [2.45, 2.75) is 11.0 Å². The van der Waals surface area contributed by atoms with E-state index in [1.807, 2.05) is 7.05 Å². The molecule has 0 aliphatic carbocycles. The second-order valence-corrected chi connectivity index (χ2v) is 9.35. The SMILES string of the molecule is CN1CCN(S(=O)(=O)c2ccc(N3CCOC(c4ccc(F)cc4)C3)nc2)CC1. The highest BCUT2D eigenvalue weighted by atomic mass is 32.2. The lowest BCUT2D eigenvalue weighted by Gasteiger charge is -2.34. The second-order valence-electron chi connectivity index (χ2n) is 7.42. The number of anilines is 1. The number of sulfonamides is 1. The number of morpholine rings is 1. The Hall–Kier alpha value is -2.07. The van der Waals surface area contributed by atoms with E-state index in [2.05, 4.69) is 14.8 Å². The van der Waals surface area contributed by atoms with Gasteiger partial charge in [0.2, 0.25) is 10.0 Å². The van der Waals surface area contributed by atoms with Crippen molar-refractivity contribution < 1.29 is 17.5 Å². The van der Waals surface area contributed by atoms with Crippen molar-refractivity contribution in [1.82, 2.24) is 14.2 Å². The van der Waals surface area contributed by atoms with Gasteiger partial charge in [0.25, 0.3) is 0 Å². The van der Waals surface area contributed by atoms with Crippen LogP contribution in [0.4, 0.5) is 10.2 Å². The molecule has 2 aromatic rings. The predicted octanol–water partition coefficient (Wildman–Crippen LogP) is 1.73. The van der Waals surface area contributed by atoms with Crippen LogP contribution in [0.2, 0.25) is 0 Å². The first-order valence-electron chi connectivity index (χ1n) is 9.70. The van der Waals surface area contributed by atoms with Crippen molar-refractivity contribution in [3.05, 3.63) is 54.0 Å². The Morgan fingerprint density at radius 2 is 1.76 bits per heavy atom. The van der Waals surface area contributed by atoms with E-state index in [4.69, 9.17) is 4.74 Å². The van der Waals surface area contributed by atoms with Crippen molar-refractivity contribution >= 4 is 15.8 Å². The minimum absolute atomic E-state index is 0.181. The Morgan fingerprint density at radius 1 is 1.03 bits per heavy atom. The molecule has 1 aromatic carbocycles. The van der Waals surface area contributed by atoms with Gasteiger partial charge in [-0.15, -0.1) is 0 Å². The van der Waals surface area contributed by atoms with Crippen LogP contribution >= 0.6 is 0 Å². The van der Waals surface area contributed by atoms with Crippen LogP contribution in [-0.2, 0) is 14.8 Å². The zero-order valence-corrected chi connectivity index (χ0v) is 17.2. The largest absolute Gasteiger partial charge is 0.370 e. The van der Waals surface area contributed by atoms with E-state index in [1.165, 1.54) is 22.6 Å². The molecule has 0 N–H and O–H groups in total. The lowest BCUT2D eigenvalue weighted by Crippen LogP contribution is -2.47. The van der Waals surface area contributed by atoms with Crippen LogP contribution in [0.15, 0.2) is 47.5 Å². The van der Waals surface area contributed by atoms with Gasteiger partial charge in [0.05, 0.1) is 6.61 Å². The normalized spacial score (nSPS) is 22.0. The fourth-order valence-corrected chi connectivity index (χ4v) is 4.99. The molecule has 2 aliphatic rings. The summed E-state index contributed by atoms with van der Waals surface area (Å²) in [7, 11) is -1.54. The summed E-state index contributed by atoms with van der Waals surface area (Å²) < 4.78 is 46.2. The molecular formula is C20H25FN4O3S. The summed E-state index contributed by atoms with van der Waals surface area (Å²) in [4.78, 5) is 8.81. The Labute approximate surface area is 170 Å². The third-order valence-corrected chi connectivity index (χ3v) is 7.34. The number of pyridine rings is 1. The van der Waals surface area contributed by atoms with Crippen LogP contribution in [0.5, 0.6) is 0 Å². The summed E-state index contributed by atoms with van der Waals surface area (Å²) in [5.41, 5.74) is 0.908. The number of likely N-dealkylation sites (N-methyl/N-ethyl adjacent to an activating group) is 1. The van der Waals surface area contributed by atoms with Crippen LogP contribution < -0.4 is 4.90 Å². The van der Waals surface area contributed by atoms with Gasteiger partial charge in [-0.05, 0) is 36.9 Å². The van der Waals surface area contributed by atoms with E-state index in [0.29, 0.717) is 38.6 Å². The highest BCUT2D eigenvalue weighted by molar-refractivity contribution is 7.89. The molecule has 0 bridgehead atoms. The number of ether oxygens (including phenoxy) is 1. The lowest BCUT2D eigenvalue weighted by atomic mass is 10.1. The van der Waals surface area contributed by atoms with E-state index in [0.717, 1.165) is 18.7 Å². The highest BCUT2D eigenvalue weighted by Gasteiger charge is 2.28. The summed E-state index contributed by atoms with van der Waals surface area (Å²) in [6, 6.07) is 9.67. The summed E-state index contributed by atoms with van der Waals surface area (Å²) >= 11 is 0. The molecule has 4 rings (SSSR count). The Bertz CT molecular complexity index is 929. The van der Waals surface area contributed by atoms with Crippen LogP contribution in [0, 0.1) is 5.82 Å². The van der Waals surface area contributed by atoms with Gasteiger partial charge in [-0.3, -0.25) is 0 Å². The number of aromatic nitrogens is 1. The summed E-state index contributed by atoms with van der Waals surface area (Å²) in [6.45, 7) is 4.18. The van der Waals surface area contributed by atoms with Gasteiger partial charge in [-0.1, -0.05) is 12.1 Å². The third kappa shape index (κ3) is 4.42. The molecule has 3 heterocycles. The smallest absolute Gasteiger partial charge is 0.244 e.